The third kappa shape index (κ3) is 38.1. The Bertz CT molecular complexity index is 1470. The van der Waals surface area contributed by atoms with Crippen molar-refractivity contribution >= 4 is 22.1 Å². The number of rotatable bonds is 45. The topological polar surface area (TPSA) is 186 Å². The smallest absolute Gasteiger partial charge is 0.306 e. The number of aliphatic hydroxyl groups excluding tert-OH is 3. The molecule has 0 aromatic carbocycles. The molecule has 6 unspecified atom stereocenters. The summed E-state index contributed by atoms with van der Waals surface area (Å²) in [6.45, 7) is 3.65. The average molecular weight is 981 g/mol. The van der Waals surface area contributed by atoms with E-state index in [1.165, 1.54) is 109 Å². The molecule has 0 aliphatic carbocycles. The van der Waals surface area contributed by atoms with E-state index in [0.29, 0.717) is 12.8 Å². The maximum Gasteiger partial charge on any atom is 0.306 e. The quantitative estimate of drug-likeness (QED) is 0.0196. The predicted octanol–water partition coefficient (Wildman–Crippen LogP) is 12.5. The molecule has 394 valence electrons. The first kappa shape index (κ1) is 63.4. The van der Waals surface area contributed by atoms with Gasteiger partial charge in [-0.05, 0) is 57.8 Å². The molecule has 0 aromatic heterocycles. The zero-order valence-electron chi connectivity index (χ0n) is 42.4. The average Bonchev–Trinajstić information content (AvgIpc) is 3.31. The second kappa shape index (κ2) is 44.3. The first-order chi connectivity index (χ1) is 33.0. The summed E-state index contributed by atoms with van der Waals surface area (Å²) in [5, 5.41) is 31.0. The normalized spacial score (nSPS) is 19.6. The maximum atomic E-state index is 12.9. The van der Waals surface area contributed by atoms with Crippen LogP contribution in [0.25, 0.3) is 0 Å². The van der Waals surface area contributed by atoms with Crippen molar-refractivity contribution in [3.8, 4) is 0 Å². The van der Waals surface area contributed by atoms with Gasteiger partial charge in [0.15, 0.2) is 12.4 Å². The van der Waals surface area contributed by atoms with E-state index in [-0.39, 0.29) is 19.4 Å². The number of hydrogen-bond acceptors (Lipinski definition) is 11. The number of unbranched alkanes of at least 4 members (excludes halogenated alkanes) is 23. The van der Waals surface area contributed by atoms with Gasteiger partial charge in [-0.25, -0.2) is 0 Å². The predicted molar refractivity (Wildman–Crippen MR) is 275 cm³/mol. The van der Waals surface area contributed by atoms with Gasteiger partial charge in [-0.2, -0.15) is 8.42 Å². The van der Waals surface area contributed by atoms with Gasteiger partial charge in [-0.3, -0.25) is 14.1 Å². The van der Waals surface area contributed by atoms with Gasteiger partial charge in [0, 0.05) is 12.8 Å². The number of carbonyl (C=O) groups is 2. The van der Waals surface area contributed by atoms with E-state index in [0.717, 1.165) is 70.6 Å². The van der Waals surface area contributed by atoms with Gasteiger partial charge in [0.2, 0.25) is 0 Å². The van der Waals surface area contributed by atoms with Gasteiger partial charge < -0.3 is 34.3 Å². The van der Waals surface area contributed by atoms with Gasteiger partial charge >= 0.3 is 11.9 Å². The fraction of sp³-hybridized carbons (Fsp3) is 0.782. The Hall–Kier alpha value is -2.65. The SMILES string of the molecule is CC/C=C\C/C=C\C/C=C\C/C=C\C/C=C\CCCCCC(=O)OC(COC(=O)CCCCCCCCCCCCCCCCCCCCCCC)COC1OC(CS(=O)(=O)O)C(O)C(O)C1O. The molecule has 0 bridgehead atoms. The molecule has 0 spiro atoms. The molecule has 13 heteroatoms. The summed E-state index contributed by atoms with van der Waals surface area (Å²) >= 11 is 0. The Morgan fingerprint density at radius 1 is 0.515 bits per heavy atom. The van der Waals surface area contributed by atoms with Crippen molar-refractivity contribution in [1.29, 1.82) is 0 Å². The molecular weight excluding hydrogens is 885 g/mol. The second-order valence-electron chi connectivity index (χ2n) is 18.5. The van der Waals surface area contributed by atoms with Crippen molar-refractivity contribution < 1.29 is 56.8 Å². The minimum atomic E-state index is -4.61. The second-order valence-corrected chi connectivity index (χ2v) is 20.0. The number of allylic oxidation sites excluding steroid dienone is 10. The van der Waals surface area contributed by atoms with Crippen LogP contribution in [0.5, 0.6) is 0 Å². The van der Waals surface area contributed by atoms with Crippen molar-refractivity contribution in [2.24, 2.45) is 0 Å². The largest absolute Gasteiger partial charge is 0.462 e. The van der Waals surface area contributed by atoms with Crippen LogP contribution in [0.4, 0.5) is 0 Å². The van der Waals surface area contributed by atoms with E-state index in [2.05, 4.69) is 74.6 Å². The highest BCUT2D eigenvalue weighted by molar-refractivity contribution is 7.85. The van der Waals surface area contributed by atoms with E-state index in [1.54, 1.807) is 0 Å². The molecule has 0 saturated carbocycles. The van der Waals surface area contributed by atoms with Crippen molar-refractivity contribution in [1.82, 2.24) is 0 Å². The molecule has 1 rings (SSSR count). The molecule has 0 radical (unpaired) electrons. The minimum absolute atomic E-state index is 0.124. The van der Waals surface area contributed by atoms with Crippen LogP contribution < -0.4 is 0 Å². The lowest BCUT2D eigenvalue weighted by molar-refractivity contribution is -0.297. The first-order valence-electron chi connectivity index (χ1n) is 26.8. The summed E-state index contributed by atoms with van der Waals surface area (Å²) in [7, 11) is -4.61. The van der Waals surface area contributed by atoms with Gasteiger partial charge in [0.25, 0.3) is 10.1 Å². The lowest BCUT2D eigenvalue weighted by Crippen LogP contribution is -2.60. The molecule has 1 fully saturated rings. The summed E-state index contributed by atoms with van der Waals surface area (Å²) in [5.41, 5.74) is 0. The van der Waals surface area contributed by atoms with Gasteiger partial charge in [-0.1, -0.05) is 209 Å². The minimum Gasteiger partial charge on any atom is -0.462 e. The summed E-state index contributed by atoms with van der Waals surface area (Å²) in [6.07, 6.45) is 46.9. The Morgan fingerprint density at radius 2 is 0.926 bits per heavy atom. The lowest BCUT2D eigenvalue weighted by atomic mass is 10.00. The fourth-order valence-electron chi connectivity index (χ4n) is 8.00. The zero-order valence-corrected chi connectivity index (χ0v) is 43.3. The molecule has 1 heterocycles. The van der Waals surface area contributed by atoms with Crippen LogP contribution in [0.15, 0.2) is 60.8 Å². The van der Waals surface area contributed by atoms with Crippen molar-refractivity contribution in [2.75, 3.05) is 19.0 Å². The molecule has 1 aliphatic heterocycles. The Morgan fingerprint density at radius 3 is 1.38 bits per heavy atom. The number of carbonyl (C=O) groups excluding carboxylic acids is 2. The highest BCUT2D eigenvalue weighted by Gasteiger charge is 2.46. The van der Waals surface area contributed by atoms with Gasteiger partial charge in [-0.15, -0.1) is 0 Å². The molecule has 6 atom stereocenters. The summed E-state index contributed by atoms with van der Waals surface area (Å²) in [4.78, 5) is 25.6. The fourth-order valence-corrected chi connectivity index (χ4v) is 8.69. The molecule has 68 heavy (non-hydrogen) atoms. The van der Waals surface area contributed by atoms with E-state index in [9.17, 15) is 37.9 Å². The Balaban J connectivity index is 2.37. The van der Waals surface area contributed by atoms with E-state index in [4.69, 9.17) is 18.9 Å². The standard InChI is InChI=1S/C55H96O12S/c1-3-5-7-9-11-13-15-17-19-21-23-24-26-27-29-31-33-35-37-39-41-43-50(56)64-45-48(46-65-55-54(60)53(59)52(58)49(67-55)47-68(61,62)63)66-51(57)44-42-40-38-36-34-32-30-28-25-22-20-18-16-14-12-10-8-6-4-2/h6,8,12,14,18,20,25,28,32,34,48-49,52-55,58-60H,3-5,7,9-11,13,15-17,19,21-24,26-27,29-31,33,35-47H2,1-2H3,(H,61,62,63)/b8-6-,14-12-,20-18-,28-25-,34-32-. The van der Waals surface area contributed by atoms with Gasteiger partial charge in [0.05, 0.1) is 6.61 Å². The van der Waals surface area contributed by atoms with Crippen molar-refractivity contribution in [3.63, 3.8) is 0 Å². The van der Waals surface area contributed by atoms with Crippen molar-refractivity contribution in [3.05, 3.63) is 60.8 Å². The van der Waals surface area contributed by atoms with Crippen LogP contribution in [0.3, 0.4) is 0 Å². The van der Waals surface area contributed by atoms with Crippen LogP contribution in [-0.2, 0) is 38.7 Å². The summed E-state index contributed by atoms with van der Waals surface area (Å²) in [5.74, 6) is -2.02. The molecule has 0 amide bonds. The number of hydrogen-bond donors (Lipinski definition) is 4. The first-order valence-corrected chi connectivity index (χ1v) is 28.5. The zero-order chi connectivity index (χ0) is 49.8. The van der Waals surface area contributed by atoms with Gasteiger partial charge in [0.1, 0.15) is 36.8 Å². The molecule has 1 saturated heterocycles. The van der Waals surface area contributed by atoms with Crippen LogP contribution in [0.1, 0.15) is 219 Å². The molecular formula is C55H96O12S. The lowest BCUT2D eigenvalue weighted by Gasteiger charge is -2.40. The Labute approximate surface area is 413 Å². The molecule has 4 N–H and O–H groups in total. The summed E-state index contributed by atoms with van der Waals surface area (Å²) < 4.78 is 54.3. The van der Waals surface area contributed by atoms with Crippen LogP contribution >= 0.6 is 0 Å². The van der Waals surface area contributed by atoms with E-state index in [1.807, 2.05) is 0 Å². The molecule has 0 aromatic rings. The van der Waals surface area contributed by atoms with E-state index < -0.39 is 71.2 Å². The van der Waals surface area contributed by atoms with E-state index >= 15 is 0 Å². The third-order valence-corrected chi connectivity index (χ3v) is 12.9. The molecule has 12 nitrogen and oxygen atoms in total. The van der Waals surface area contributed by atoms with Crippen LogP contribution in [-0.4, -0.2) is 96.0 Å². The highest BCUT2D eigenvalue weighted by Crippen LogP contribution is 2.24. The highest BCUT2D eigenvalue weighted by atomic mass is 32.2. The van der Waals surface area contributed by atoms with Crippen molar-refractivity contribution in [2.45, 2.75) is 256 Å². The molecule has 1 aliphatic rings. The van der Waals surface area contributed by atoms with Crippen LogP contribution in [0.2, 0.25) is 0 Å². The number of aliphatic hydroxyl groups is 3. The number of ether oxygens (including phenoxy) is 4. The third-order valence-electron chi connectivity index (χ3n) is 12.1. The summed E-state index contributed by atoms with van der Waals surface area (Å²) in [6, 6.07) is 0. The maximum absolute atomic E-state index is 12.9. The number of esters is 2. The monoisotopic (exact) mass is 981 g/mol. The van der Waals surface area contributed by atoms with Crippen LogP contribution in [0, 0.1) is 0 Å². The Kier molecular flexibility index (Phi) is 41.3.